The minimum atomic E-state index is -1.34. The molecule has 0 aromatic heterocycles. The molecule has 0 radical (unpaired) electrons. The first-order valence-electron chi connectivity index (χ1n) is 13.8. The Hall–Kier alpha value is -3.39. The molecule has 1 saturated carbocycles. The van der Waals surface area contributed by atoms with Crippen LogP contribution in [-0.4, -0.2) is 59.5 Å². The highest BCUT2D eigenvalue weighted by Crippen LogP contribution is 2.46. The fourth-order valence-electron chi connectivity index (χ4n) is 6.12. The van der Waals surface area contributed by atoms with E-state index in [4.69, 9.17) is 9.47 Å². The summed E-state index contributed by atoms with van der Waals surface area (Å²) in [4.78, 5) is 43.1. The van der Waals surface area contributed by atoms with Gasteiger partial charge in [-0.3, -0.25) is 9.59 Å². The summed E-state index contributed by atoms with van der Waals surface area (Å²) in [6.45, 7) is 3.72. The Morgan fingerprint density at radius 1 is 1.11 bits per heavy atom. The number of nitrogens with one attached hydrogen (secondary N) is 1. The van der Waals surface area contributed by atoms with E-state index in [2.05, 4.69) is 18.3 Å². The van der Waals surface area contributed by atoms with Crippen LogP contribution in [0.2, 0.25) is 0 Å². The number of amides is 3. The molecular formula is C30H35N3O5. The van der Waals surface area contributed by atoms with Crippen molar-refractivity contribution in [3.8, 4) is 0 Å². The molecule has 8 heteroatoms. The molecule has 2 aromatic carbocycles. The van der Waals surface area contributed by atoms with Crippen LogP contribution in [-0.2, 0) is 37.6 Å². The first-order chi connectivity index (χ1) is 18.4. The minimum absolute atomic E-state index is 0.0410. The highest BCUT2D eigenvalue weighted by Gasteiger charge is 2.58. The average molecular weight is 518 g/mol. The topological polar surface area (TPSA) is 88.2 Å². The average Bonchev–Trinajstić information content (AvgIpc) is 3.69. The zero-order chi connectivity index (χ0) is 26.3. The molecule has 2 atom stereocenters. The number of nitrogens with zero attached hydrogens (tertiary/aromatic N) is 2. The van der Waals surface area contributed by atoms with Gasteiger partial charge >= 0.3 is 6.09 Å². The third-order valence-electron chi connectivity index (χ3n) is 8.56. The summed E-state index contributed by atoms with van der Waals surface area (Å²) in [5.74, 6) is -0.204. The maximum Gasteiger partial charge on any atom is 0.418 e. The van der Waals surface area contributed by atoms with Gasteiger partial charge in [-0.2, -0.15) is 0 Å². The van der Waals surface area contributed by atoms with Crippen molar-refractivity contribution in [2.75, 3.05) is 25.1 Å². The predicted octanol–water partition coefficient (Wildman–Crippen LogP) is 4.23. The Balaban J connectivity index is 1.18. The normalized spacial score (nSPS) is 23.9. The number of hydrogen-bond donors (Lipinski definition) is 1. The van der Waals surface area contributed by atoms with Crippen molar-refractivity contribution in [2.24, 2.45) is 5.92 Å². The molecule has 2 saturated heterocycles. The molecule has 1 N–H and O–H groups in total. The molecule has 4 aliphatic rings. The Bertz CT molecular complexity index is 1220. The first kappa shape index (κ1) is 24.9. The summed E-state index contributed by atoms with van der Waals surface area (Å²) in [6, 6.07) is 16.2. The second kappa shape index (κ2) is 10.1. The van der Waals surface area contributed by atoms with E-state index >= 15 is 0 Å². The Labute approximate surface area is 223 Å². The quantitative estimate of drug-likeness (QED) is 0.564. The summed E-state index contributed by atoms with van der Waals surface area (Å²) >= 11 is 0. The van der Waals surface area contributed by atoms with Gasteiger partial charge in [-0.05, 0) is 68.2 Å². The van der Waals surface area contributed by atoms with Gasteiger partial charge in [0.25, 0.3) is 5.91 Å². The lowest BCUT2D eigenvalue weighted by Crippen LogP contribution is -2.47. The molecule has 200 valence electrons. The van der Waals surface area contributed by atoms with Crippen molar-refractivity contribution < 1.29 is 23.9 Å². The smallest absolute Gasteiger partial charge is 0.418 e. The predicted molar refractivity (Wildman–Crippen MR) is 141 cm³/mol. The van der Waals surface area contributed by atoms with E-state index in [-0.39, 0.29) is 18.5 Å². The van der Waals surface area contributed by atoms with Gasteiger partial charge in [0.05, 0.1) is 0 Å². The molecule has 0 bridgehead atoms. The van der Waals surface area contributed by atoms with Crippen molar-refractivity contribution in [2.45, 2.75) is 69.7 Å². The number of benzene rings is 2. The number of rotatable bonds is 8. The third kappa shape index (κ3) is 4.66. The summed E-state index contributed by atoms with van der Waals surface area (Å²) in [6.07, 6.45) is 4.40. The summed E-state index contributed by atoms with van der Waals surface area (Å²) < 4.78 is 11.2. The maximum absolute atomic E-state index is 13.7. The lowest BCUT2D eigenvalue weighted by Gasteiger charge is -2.30. The van der Waals surface area contributed by atoms with Gasteiger partial charge in [0.1, 0.15) is 6.54 Å². The van der Waals surface area contributed by atoms with Crippen LogP contribution in [0, 0.1) is 5.92 Å². The monoisotopic (exact) mass is 517 g/mol. The molecule has 2 heterocycles. The third-order valence-corrected chi connectivity index (χ3v) is 8.56. The summed E-state index contributed by atoms with van der Waals surface area (Å²) in [7, 11) is 0. The van der Waals surface area contributed by atoms with Gasteiger partial charge in [0.2, 0.25) is 11.5 Å². The second-order valence-corrected chi connectivity index (χ2v) is 11.1. The SMILES string of the molecule is C[C@@H](C1CC1)N(Cc1ccccc1)C(=O)CN1C(=O)OC2(CCc3cc(NC4CCOCC4)ccc32)C1=O. The van der Waals surface area contributed by atoms with Crippen LogP contribution in [0.25, 0.3) is 0 Å². The Morgan fingerprint density at radius 2 is 1.87 bits per heavy atom. The second-order valence-electron chi connectivity index (χ2n) is 11.1. The van der Waals surface area contributed by atoms with E-state index < -0.39 is 17.6 Å². The highest BCUT2D eigenvalue weighted by atomic mass is 16.6. The number of anilines is 1. The maximum atomic E-state index is 13.7. The van der Waals surface area contributed by atoms with Gasteiger partial charge in [0, 0.05) is 49.5 Å². The lowest BCUT2D eigenvalue weighted by molar-refractivity contribution is -0.143. The lowest BCUT2D eigenvalue weighted by atomic mass is 9.94. The van der Waals surface area contributed by atoms with Gasteiger partial charge in [0.15, 0.2) is 0 Å². The van der Waals surface area contributed by atoms with Crippen LogP contribution in [0.3, 0.4) is 0 Å². The van der Waals surface area contributed by atoms with Crippen molar-refractivity contribution in [1.29, 1.82) is 0 Å². The molecule has 6 rings (SSSR count). The molecule has 2 aliphatic heterocycles. The molecular weight excluding hydrogens is 482 g/mol. The van der Waals surface area contributed by atoms with E-state index in [1.165, 1.54) is 0 Å². The van der Waals surface area contributed by atoms with Crippen LogP contribution in [0.15, 0.2) is 48.5 Å². The summed E-state index contributed by atoms with van der Waals surface area (Å²) in [5, 5.41) is 3.57. The molecule has 3 fully saturated rings. The van der Waals surface area contributed by atoms with Crippen LogP contribution < -0.4 is 5.32 Å². The molecule has 2 aromatic rings. The van der Waals surface area contributed by atoms with Gasteiger partial charge in [-0.1, -0.05) is 36.4 Å². The van der Waals surface area contributed by atoms with Crippen molar-refractivity contribution in [1.82, 2.24) is 9.80 Å². The number of carbonyl (C=O) groups excluding carboxylic acids is 3. The summed E-state index contributed by atoms with van der Waals surface area (Å²) in [5.41, 5.74) is 2.42. The van der Waals surface area contributed by atoms with E-state index in [9.17, 15) is 14.4 Å². The van der Waals surface area contributed by atoms with E-state index in [0.717, 1.165) is 66.2 Å². The minimum Gasteiger partial charge on any atom is -0.427 e. The van der Waals surface area contributed by atoms with Crippen LogP contribution in [0.4, 0.5) is 10.5 Å². The zero-order valence-corrected chi connectivity index (χ0v) is 21.9. The van der Waals surface area contributed by atoms with Crippen molar-refractivity contribution >= 4 is 23.6 Å². The number of aryl methyl sites for hydroxylation is 1. The van der Waals surface area contributed by atoms with Crippen molar-refractivity contribution in [3.63, 3.8) is 0 Å². The fraction of sp³-hybridized carbons (Fsp3) is 0.500. The zero-order valence-electron chi connectivity index (χ0n) is 21.9. The number of carbonyl (C=O) groups is 3. The Kier molecular flexibility index (Phi) is 6.60. The number of fused-ring (bicyclic) bond motifs is 2. The van der Waals surface area contributed by atoms with Crippen LogP contribution >= 0.6 is 0 Å². The van der Waals surface area contributed by atoms with Crippen molar-refractivity contribution in [3.05, 3.63) is 65.2 Å². The number of imide groups is 1. The van der Waals surface area contributed by atoms with Gasteiger partial charge < -0.3 is 19.7 Å². The molecule has 38 heavy (non-hydrogen) atoms. The van der Waals surface area contributed by atoms with Gasteiger partial charge in [-0.15, -0.1) is 0 Å². The number of ether oxygens (including phenoxy) is 2. The molecule has 8 nitrogen and oxygen atoms in total. The number of hydrogen-bond acceptors (Lipinski definition) is 6. The molecule has 1 unspecified atom stereocenters. The first-order valence-corrected chi connectivity index (χ1v) is 13.8. The highest BCUT2D eigenvalue weighted by molar-refractivity contribution is 6.06. The molecule has 2 aliphatic carbocycles. The van der Waals surface area contributed by atoms with E-state index in [1.54, 1.807) is 0 Å². The molecule has 3 amide bonds. The molecule has 1 spiro atoms. The van der Waals surface area contributed by atoms with Crippen LogP contribution in [0.5, 0.6) is 0 Å². The van der Waals surface area contributed by atoms with E-state index in [0.29, 0.717) is 31.3 Å². The van der Waals surface area contributed by atoms with Gasteiger partial charge in [-0.25, -0.2) is 9.69 Å². The van der Waals surface area contributed by atoms with E-state index in [1.807, 2.05) is 47.4 Å². The standard InChI is InChI=1S/C30H35N3O5/c1-20(22-7-8-22)32(18-21-5-3-2-4-6-21)27(34)19-33-28(35)30(38-29(33)36)14-11-23-17-25(9-10-26(23)30)31-24-12-15-37-16-13-24/h2-6,9-10,17,20,22,24,31H,7-8,11-16,18-19H2,1H3/t20-,30?/m0/s1. The largest absolute Gasteiger partial charge is 0.427 e. The van der Waals surface area contributed by atoms with Crippen LogP contribution in [0.1, 0.15) is 55.7 Å². The Morgan fingerprint density at radius 3 is 2.61 bits per heavy atom. The fourth-order valence-corrected chi connectivity index (χ4v) is 6.12.